The Morgan fingerprint density at radius 2 is 2.10 bits per heavy atom. The molecule has 0 radical (unpaired) electrons. The van der Waals surface area contributed by atoms with E-state index >= 15 is 0 Å². The molecule has 1 aromatic heterocycles. The number of benzene rings is 1. The van der Waals surface area contributed by atoms with Gasteiger partial charge in [-0.1, -0.05) is 25.1 Å². The van der Waals surface area contributed by atoms with Crippen LogP contribution in [0.3, 0.4) is 0 Å². The number of hydrogen-bond acceptors (Lipinski definition) is 2. The summed E-state index contributed by atoms with van der Waals surface area (Å²) in [5.41, 5.74) is 3.78. The molecule has 1 amide bonds. The lowest BCUT2D eigenvalue weighted by atomic mass is 10.1. The van der Waals surface area contributed by atoms with Gasteiger partial charge in [0.1, 0.15) is 0 Å². The van der Waals surface area contributed by atoms with Gasteiger partial charge in [0.25, 0.3) is 5.91 Å². The minimum absolute atomic E-state index is 0.0896. The molecule has 1 aromatic carbocycles. The molecule has 0 unspecified atom stereocenters. The van der Waals surface area contributed by atoms with Crippen LogP contribution < -0.4 is 5.32 Å². The van der Waals surface area contributed by atoms with Gasteiger partial charge in [-0.05, 0) is 52.5 Å². The standard InChI is InChI=1S/C16H17BrN2O/c1-3-12-7-5-9-18-14(12)10-19-16(20)13-8-4-6-11(2)15(13)17/h4-9H,3,10H2,1-2H3,(H,19,20). The van der Waals surface area contributed by atoms with Crippen molar-refractivity contribution in [1.82, 2.24) is 10.3 Å². The van der Waals surface area contributed by atoms with Crippen molar-refractivity contribution in [3.63, 3.8) is 0 Å². The van der Waals surface area contributed by atoms with Crippen LogP contribution in [0.25, 0.3) is 0 Å². The lowest BCUT2D eigenvalue weighted by Crippen LogP contribution is -2.24. The summed E-state index contributed by atoms with van der Waals surface area (Å²) < 4.78 is 0.842. The number of nitrogens with zero attached hydrogens (tertiary/aromatic N) is 1. The van der Waals surface area contributed by atoms with Gasteiger partial charge in [-0.15, -0.1) is 0 Å². The monoisotopic (exact) mass is 332 g/mol. The minimum atomic E-state index is -0.0896. The van der Waals surface area contributed by atoms with Crippen molar-refractivity contribution in [2.45, 2.75) is 26.8 Å². The summed E-state index contributed by atoms with van der Waals surface area (Å²) >= 11 is 3.46. The second-order valence-electron chi connectivity index (χ2n) is 4.58. The van der Waals surface area contributed by atoms with E-state index in [1.54, 1.807) is 6.20 Å². The predicted octanol–water partition coefficient (Wildman–Crippen LogP) is 3.64. The number of pyridine rings is 1. The number of carbonyl (C=O) groups excluding carboxylic acids is 1. The Morgan fingerprint density at radius 3 is 2.85 bits per heavy atom. The lowest BCUT2D eigenvalue weighted by molar-refractivity contribution is 0.0949. The number of aryl methyl sites for hydroxylation is 2. The molecule has 0 fully saturated rings. The van der Waals surface area contributed by atoms with Crippen LogP contribution in [-0.2, 0) is 13.0 Å². The third-order valence-electron chi connectivity index (χ3n) is 3.22. The number of rotatable bonds is 4. The van der Waals surface area contributed by atoms with Crippen LogP contribution in [0.1, 0.15) is 34.1 Å². The molecule has 4 heteroatoms. The fourth-order valence-electron chi connectivity index (χ4n) is 2.03. The lowest BCUT2D eigenvalue weighted by Gasteiger charge is -2.10. The van der Waals surface area contributed by atoms with Gasteiger partial charge in [0, 0.05) is 10.7 Å². The van der Waals surface area contributed by atoms with Crippen LogP contribution in [0.4, 0.5) is 0 Å². The van der Waals surface area contributed by atoms with E-state index in [4.69, 9.17) is 0 Å². The first-order valence-corrected chi connectivity index (χ1v) is 7.39. The maximum Gasteiger partial charge on any atom is 0.252 e. The third-order valence-corrected chi connectivity index (χ3v) is 4.27. The number of aromatic nitrogens is 1. The second kappa shape index (κ2) is 6.66. The van der Waals surface area contributed by atoms with E-state index in [-0.39, 0.29) is 5.91 Å². The molecular formula is C16H17BrN2O. The first-order chi connectivity index (χ1) is 9.63. The molecule has 0 aliphatic heterocycles. The van der Waals surface area contributed by atoms with E-state index in [9.17, 15) is 4.79 Å². The molecule has 20 heavy (non-hydrogen) atoms. The largest absolute Gasteiger partial charge is 0.346 e. The molecule has 2 aromatic rings. The van der Waals surface area contributed by atoms with Gasteiger partial charge in [-0.3, -0.25) is 9.78 Å². The van der Waals surface area contributed by atoms with Gasteiger partial charge in [-0.2, -0.15) is 0 Å². The normalized spacial score (nSPS) is 10.3. The molecule has 0 spiro atoms. The summed E-state index contributed by atoms with van der Waals surface area (Å²) in [4.78, 5) is 16.6. The number of hydrogen-bond donors (Lipinski definition) is 1. The van der Waals surface area contributed by atoms with Crippen molar-refractivity contribution < 1.29 is 4.79 Å². The van der Waals surface area contributed by atoms with Crippen LogP contribution >= 0.6 is 15.9 Å². The zero-order valence-electron chi connectivity index (χ0n) is 11.6. The van der Waals surface area contributed by atoms with Gasteiger partial charge in [0.2, 0.25) is 0 Å². The highest BCUT2D eigenvalue weighted by Crippen LogP contribution is 2.21. The van der Waals surface area contributed by atoms with E-state index in [1.807, 2.05) is 37.3 Å². The summed E-state index contributed by atoms with van der Waals surface area (Å²) in [5.74, 6) is -0.0896. The molecule has 0 bridgehead atoms. The quantitative estimate of drug-likeness (QED) is 0.928. The minimum Gasteiger partial charge on any atom is -0.346 e. The van der Waals surface area contributed by atoms with Crippen LogP contribution in [0.5, 0.6) is 0 Å². The Labute approximate surface area is 127 Å². The van der Waals surface area contributed by atoms with Crippen molar-refractivity contribution in [3.8, 4) is 0 Å². The van der Waals surface area contributed by atoms with Gasteiger partial charge in [0.15, 0.2) is 0 Å². The van der Waals surface area contributed by atoms with E-state index in [2.05, 4.69) is 33.2 Å². The molecule has 2 rings (SSSR count). The molecule has 3 nitrogen and oxygen atoms in total. The van der Waals surface area contributed by atoms with E-state index < -0.39 is 0 Å². The summed E-state index contributed by atoms with van der Waals surface area (Å²) in [6.45, 7) is 4.50. The fourth-order valence-corrected chi connectivity index (χ4v) is 2.48. The molecule has 0 atom stereocenters. The van der Waals surface area contributed by atoms with Gasteiger partial charge in [0.05, 0.1) is 17.8 Å². The first kappa shape index (κ1) is 14.7. The van der Waals surface area contributed by atoms with E-state index in [0.29, 0.717) is 12.1 Å². The molecule has 0 aliphatic rings. The van der Waals surface area contributed by atoms with Crippen molar-refractivity contribution in [3.05, 3.63) is 63.4 Å². The average molecular weight is 333 g/mol. The third kappa shape index (κ3) is 3.25. The summed E-state index contributed by atoms with van der Waals surface area (Å²) in [5, 5.41) is 2.93. The van der Waals surface area contributed by atoms with Crippen molar-refractivity contribution >= 4 is 21.8 Å². The Hall–Kier alpha value is -1.68. The molecule has 1 N–H and O–H groups in total. The zero-order valence-corrected chi connectivity index (χ0v) is 13.2. The Kier molecular flexibility index (Phi) is 4.90. The molecule has 0 saturated carbocycles. The molecule has 1 heterocycles. The number of nitrogens with one attached hydrogen (secondary N) is 1. The maximum atomic E-state index is 12.2. The highest BCUT2D eigenvalue weighted by atomic mass is 79.9. The topological polar surface area (TPSA) is 42.0 Å². The smallest absolute Gasteiger partial charge is 0.252 e. The average Bonchev–Trinajstić information content (AvgIpc) is 2.48. The summed E-state index contributed by atoms with van der Waals surface area (Å²) in [7, 11) is 0. The first-order valence-electron chi connectivity index (χ1n) is 6.59. The highest BCUT2D eigenvalue weighted by Gasteiger charge is 2.11. The molecule has 104 valence electrons. The summed E-state index contributed by atoms with van der Waals surface area (Å²) in [6.07, 6.45) is 2.66. The van der Waals surface area contributed by atoms with Gasteiger partial charge >= 0.3 is 0 Å². The Bertz CT molecular complexity index is 626. The van der Waals surface area contributed by atoms with Crippen LogP contribution in [0.15, 0.2) is 41.0 Å². The van der Waals surface area contributed by atoms with Gasteiger partial charge < -0.3 is 5.32 Å². The Morgan fingerprint density at radius 1 is 1.30 bits per heavy atom. The fraction of sp³-hybridized carbons (Fsp3) is 0.250. The van der Waals surface area contributed by atoms with Crippen LogP contribution in [-0.4, -0.2) is 10.9 Å². The number of halogens is 1. The molecular weight excluding hydrogens is 316 g/mol. The van der Waals surface area contributed by atoms with Crippen LogP contribution in [0, 0.1) is 6.92 Å². The van der Waals surface area contributed by atoms with Crippen molar-refractivity contribution in [2.75, 3.05) is 0 Å². The molecule has 0 aliphatic carbocycles. The van der Waals surface area contributed by atoms with E-state index in [0.717, 1.165) is 27.7 Å². The zero-order chi connectivity index (χ0) is 14.5. The molecule has 0 saturated heterocycles. The number of amides is 1. The van der Waals surface area contributed by atoms with E-state index in [1.165, 1.54) is 0 Å². The summed E-state index contributed by atoms with van der Waals surface area (Å²) in [6, 6.07) is 9.62. The van der Waals surface area contributed by atoms with Crippen LogP contribution in [0.2, 0.25) is 0 Å². The van der Waals surface area contributed by atoms with Crippen molar-refractivity contribution in [2.24, 2.45) is 0 Å². The highest BCUT2D eigenvalue weighted by molar-refractivity contribution is 9.10. The maximum absolute atomic E-state index is 12.2. The Balaban J connectivity index is 2.11. The second-order valence-corrected chi connectivity index (χ2v) is 5.37. The van der Waals surface area contributed by atoms with Gasteiger partial charge in [-0.25, -0.2) is 0 Å². The number of carbonyl (C=O) groups is 1. The SMILES string of the molecule is CCc1cccnc1CNC(=O)c1cccc(C)c1Br. The predicted molar refractivity (Wildman–Crippen MR) is 83.7 cm³/mol. The van der Waals surface area contributed by atoms with Crippen molar-refractivity contribution in [1.29, 1.82) is 0 Å².